The Morgan fingerprint density at radius 2 is 2.00 bits per heavy atom. The molecule has 1 amide bonds. The third-order valence-corrected chi connectivity index (χ3v) is 4.60. The van der Waals surface area contributed by atoms with Gasteiger partial charge >= 0.3 is 0 Å². The second-order valence-electron chi connectivity index (χ2n) is 5.41. The highest BCUT2D eigenvalue weighted by Crippen LogP contribution is 2.29. The number of nitro groups is 1. The third kappa shape index (κ3) is 5.75. The minimum Gasteiger partial charge on any atom is -0.353 e. The normalized spacial score (nSPS) is 13.8. The second-order valence-corrected chi connectivity index (χ2v) is 6.73. The number of benzene rings is 1. The number of carbonyl (C=O) groups is 1. The van der Waals surface area contributed by atoms with Crippen LogP contribution in [0.1, 0.15) is 38.5 Å². The highest BCUT2D eigenvalue weighted by Gasteiger charge is 2.15. The Bertz CT molecular complexity index is 505. The van der Waals surface area contributed by atoms with Gasteiger partial charge < -0.3 is 5.32 Å². The summed E-state index contributed by atoms with van der Waals surface area (Å²) >= 11 is 1.48. The number of amides is 1. The molecule has 1 rings (SSSR count). The number of nitrogens with one attached hydrogen (secondary N) is 1. The predicted octanol–water partition coefficient (Wildman–Crippen LogP) is 3.55. The van der Waals surface area contributed by atoms with Crippen LogP contribution in [0.3, 0.4) is 0 Å². The van der Waals surface area contributed by atoms with E-state index in [-0.39, 0.29) is 22.9 Å². The fourth-order valence-electron chi connectivity index (χ4n) is 1.65. The predicted molar refractivity (Wildman–Crippen MR) is 86.4 cm³/mol. The molecule has 0 aromatic heterocycles. The zero-order valence-electron chi connectivity index (χ0n) is 12.8. The minimum absolute atomic E-state index is 0.00141. The lowest BCUT2D eigenvalue weighted by Crippen LogP contribution is -2.37. The van der Waals surface area contributed by atoms with Gasteiger partial charge in [0.15, 0.2) is 0 Å². The molecule has 1 aromatic carbocycles. The molecule has 2 atom stereocenters. The molecule has 0 spiro atoms. The number of hydrogen-bond acceptors (Lipinski definition) is 4. The number of rotatable bonds is 7. The Morgan fingerprint density at radius 1 is 1.33 bits per heavy atom. The van der Waals surface area contributed by atoms with Crippen LogP contribution in [0.15, 0.2) is 24.3 Å². The van der Waals surface area contributed by atoms with Gasteiger partial charge in [0.1, 0.15) is 0 Å². The lowest BCUT2D eigenvalue weighted by molar-refractivity contribution is -0.384. The average molecular weight is 310 g/mol. The number of nitro benzene ring substituents is 1. The standard InChI is InChI=1S/C15H22N2O3S/c1-10(2)11(3)16-15(18)9-21-12(4)13-6-5-7-14(8-13)17(19)20/h5-8,10-12H,9H2,1-4H3,(H,16,18)/t11-,12-/m0/s1. The Morgan fingerprint density at radius 3 is 2.57 bits per heavy atom. The molecule has 0 bridgehead atoms. The minimum atomic E-state index is -0.405. The van der Waals surface area contributed by atoms with Gasteiger partial charge in [-0.2, -0.15) is 0 Å². The van der Waals surface area contributed by atoms with Crippen LogP contribution in [0, 0.1) is 16.0 Å². The van der Waals surface area contributed by atoms with E-state index < -0.39 is 4.92 Å². The largest absolute Gasteiger partial charge is 0.353 e. The molecular weight excluding hydrogens is 288 g/mol. The molecule has 0 aliphatic carbocycles. The number of carbonyl (C=O) groups excluding carboxylic acids is 1. The smallest absolute Gasteiger partial charge is 0.269 e. The third-order valence-electron chi connectivity index (χ3n) is 3.40. The van der Waals surface area contributed by atoms with Crippen molar-refractivity contribution in [3.05, 3.63) is 39.9 Å². The first-order chi connectivity index (χ1) is 9.81. The first kappa shape index (κ1) is 17.5. The van der Waals surface area contributed by atoms with E-state index in [9.17, 15) is 14.9 Å². The molecule has 0 radical (unpaired) electrons. The maximum Gasteiger partial charge on any atom is 0.269 e. The van der Waals surface area contributed by atoms with Gasteiger partial charge in [-0.1, -0.05) is 26.0 Å². The quantitative estimate of drug-likeness (QED) is 0.617. The van der Waals surface area contributed by atoms with Crippen LogP contribution >= 0.6 is 11.8 Å². The van der Waals surface area contributed by atoms with Crippen molar-refractivity contribution in [1.82, 2.24) is 5.32 Å². The Balaban J connectivity index is 2.54. The Labute approximate surface area is 129 Å². The molecule has 1 N–H and O–H groups in total. The van der Waals surface area contributed by atoms with Gasteiger partial charge in [-0.3, -0.25) is 14.9 Å². The van der Waals surface area contributed by atoms with E-state index in [1.54, 1.807) is 12.1 Å². The first-order valence-electron chi connectivity index (χ1n) is 6.96. The summed E-state index contributed by atoms with van der Waals surface area (Å²) in [6.45, 7) is 8.05. The topological polar surface area (TPSA) is 72.2 Å². The van der Waals surface area contributed by atoms with Crippen molar-refractivity contribution in [2.45, 2.75) is 39.0 Å². The summed E-state index contributed by atoms with van der Waals surface area (Å²) in [4.78, 5) is 22.2. The summed E-state index contributed by atoms with van der Waals surface area (Å²) in [5.74, 6) is 0.743. The van der Waals surface area contributed by atoms with Gasteiger partial charge in [0.05, 0.1) is 10.7 Å². The summed E-state index contributed by atoms with van der Waals surface area (Å²) in [5.41, 5.74) is 0.941. The van der Waals surface area contributed by atoms with Gasteiger partial charge in [0.2, 0.25) is 5.91 Å². The fraction of sp³-hybridized carbons (Fsp3) is 0.533. The van der Waals surface area contributed by atoms with Crippen molar-refractivity contribution in [3.63, 3.8) is 0 Å². The van der Waals surface area contributed by atoms with Crippen LogP contribution in [0.4, 0.5) is 5.69 Å². The molecule has 0 aliphatic rings. The van der Waals surface area contributed by atoms with Crippen molar-refractivity contribution in [2.24, 2.45) is 5.92 Å². The number of non-ortho nitro benzene ring substituents is 1. The van der Waals surface area contributed by atoms with Crippen LogP contribution in [0.5, 0.6) is 0 Å². The van der Waals surface area contributed by atoms with Crippen molar-refractivity contribution in [3.8, 4) is 0 Å². The molecular formula is C15H22N2O3S. The van der Waals surface area contributed by atoms with E-state index in [2.05, 4.69) is 19.2 Å². The Hall–Kier alpha value is -1.56. The van der Waals surface area contributed by atoms with Crippen molar-refractivity contribution in [1.29, 1.82) is 0 Å². The highest BCUT2D eigenvalue weighted by molar-refractivity contribution is 8.00. The van der Waals surface area contributed by atoms with Gasteiger partial charge in [-0.05, 0) is 25.3 Å². The maximum atomic E-state index is 11.8. The zero-order valence-corrected chi connectivity index (χ0v) is 13.6. The molecule has 0 heterocycles. The molecule has 0 fully saturated rings. The lowest BCUT2D eigenvalue weighted by Gasteiger charge is -2.18. The molecule has 0 unspecified atom stereocenters. The van der Waals surface area contributed by atoms with E-state index in [4.69, 9.17) is 0 Å². The molecule has 116 valence electrons. The summed E-state index contributed by atoms with van der Waals surface area (Å²) in [6, 6.07) is 6.70. The molecule has 21 heavy (non-hydrogen) atoms. The van der Waals surface area contributed by atoms with E-state index >= 15 is 0 Å². The maximum absolute atomic E-state index is 11.8. The van der Waals surface area contributed by atoms with Gasteiger partial charge in [-0.15, -0.1) is 11.8 Å². The van der Waals surface area contributed by atoms with Crippen molar-refractivity contribution < 1.29 is 9.72 Å². The van der Waals surface area contributed by atoms with E-state index in [1.165, 1.54) is 17.8 Å². The number of hydrogen-bond donors (Lipinski definition) is 1. The molecule has 6 heteroatoms. The van der Waals surface area contributed by atoms with Gasteiger partial charge in [-0.25, -0.2) is 0 Å². The second kappa shape index (κ2) is 8.02. The SMILES string of the molecule is CC(C)[C@H](C)NC(=O)CS[C@@H](C)c1cccc([N+](=O)[O-])c1. The van der Waals surface area contributed by atoms with Gasteiger partial charge in [0, 0.05) is 23.4 Å². The molecule has 0 saturated carbocycles. The lowest BCUT2D eigenvalue weighted by atomic mass is 10.1. The highest BCUT2D eigenvalue weighted by atomic mass is 32.2. The number of thioether (sulfide) groups is 1. The summed E-state index contributed by atoms with van der Waals surface area (Å²) in [6.07, 6.45) is 0. The van der Waals surface area contributed by atoms with Gasteiger partial charge in [0.25, 0.3) is 5.69 Å². The summed E-state index contributed by atoms with van der Waals surface area (Å²) in [7, 11) is 0. The monoisotopic (exact) mass is 310 g/mol. The number of nitrogens with zero attached hydrogens (tertiary/aromatic N) is 1. The summed E-state index contributed by atoms with van der Waals surface area (Å²) < 4.78 is 0. The van der Waals surface area contributed by atoms with Crippen molar-refractivity contribution >= 4 is 23.4 Å². The average Bonchev–Trinajstić information content (AvgIpc) is 2.44. The van der Waals surface area contributed by atoms with Crippen LogP contribution in [0.25, 0.3) is 0 Å². The zero-order chi connectivity index (χ0) is 16.0. The molecule has 1 aromatic rings. The first-order valence-corrected chi connectivity index (χ1v) is 8.01. The van der Waals surface area contributed by atoms with Crippen LogP contribution in [-0.2, 0) is 4.79 Å². The van der Waals surface area contributed by atoms with E-state index in [0.29, 0.717) is 11.7 Å². The van der Waals surface area contributed by atoms with E-state index in [0.717, 1.165) is 5.56 Å². The van der Waals surface area contributed by atoms with Crippen LogP contribution < -0.4 is 5.32 Å². The van der Waals surface area contributed by atoms with E-state index in [1.807, 2.05) is 19.9 Å². The molecule has 0 saturated heterocycles. The van der Waals surface area contributed by atoms with Crippen LogP contribution in [0.2, 0.25) is 0 Å². The Kier molecular flexibility index (Phi) is 6.68. The van der Waals surface area contributed by atoms with Crippen molar-refractivity contribution in [2.75, 3.05) is 5.75 Å². The van der Waals surface area contributed by atoms with Crippen LogP contribution in [-0.4, -0.2) is 22.6 Å². The summed E-state index contributed by atoms with van der Waals surface area (Å²) in [5, 5.41) is 13.7. The molecule has 5 nitrogen and oxygen atoms in total. The molecule has 0 aliphatic heterocycles. The fourth-order valence-corrected chi connectivity index (χ4v) is 2.47.